The Kier molecular flexibility index (Phi) is 5.97. The molecule has 0 saturated heterocycles. The Morgan fingerprint density at radius 3 is 2.32 bits per heavy atom. The summed E-state index contributed by atoms with van der Waals surface area (Å²) >= 11 is 0. The van der Waals surface area contributed by atoms with Crippen LogP contribution in [0.3, 0.4) is 0 Å². The summed E-state index contributed by atoms with van der Waals surface area (Å²) in [5.41, 5.74) is 0.867. The molecule has 0 bridgehead atoms. The maximum absolute atomic E-state index is 12.6. The second-order valence-electron chi connectivity index (χ2n) is 6.51. The molecule has 1 amide bonds. The topological polar surface area (TPSA) is 162 Å². The molecule has 3 rings (SSSR count). The van der Waals surface area contributed by atoms with Gasteiger partial charge in [-0.2, -0.15) is 5.10 Å². The van der Waals surface area contributed by atoms with Crippen LogP contribution in [0.15, 0.2) is 41.4 Å². The number of rotatable bonds is 7. The molecular weight excluding hydrogens is 426 g/mol. The van der Waals surface area contributed by atoms with Crippen LogP contribution in [0.1, 0.15) is 28.8 Å². The average Bonchev–Trinajstić information content (AvgIpc) is 3.12. The third-order valence-electron chi connectivity index (χ3n) is 4.16. The van der Waals surface area contributed by atoms with E-state index in [9.17, 15) is 23.3 Å². The highest BCUT2D eigenvalue weighted by Gasteiger charge is 2.26. The number of benzene rings is 1. The number of anilines is 2. The lowest BCUT2D eigenvalue weighted by atomic mass is 10.3. The highest BCUT2D eigenvalue weighted by Crippen LogP contribution is 2.21. The molecule has 0 spiro atoms. The normalized spacial score (nSPS) is 11.2. The first-order valence-corrected chi connectivity index (χ1v) is 10.6. The first kappa shape index (κ1) is 21.8. The van der Waals surface area contributed by atoms with Crippen molar-refractivity contribution in [1.82, 2.24) is 19.7 Å². The molecule has 0 aliphatic carbocycles. The van der Waals surface area contributed by atoms with Crippen molar-refractivity contribution in [1.29, 1.82) is 0 Å². The number of carbonyl (C=O) groups excluding carboxylic acids is 1. The summed E-state index contributed by atoms with van der Waals surface area (Å²) < 4.78 is 28.7. The first-order valence-electron chi connectivity index (χ1n) is 9.07. The van der Waals surface area contributed by atoms with Crippen molar-refractivity contribution in [2.75, 3.05) is 10.0 Å². The van der Waals surface area contributed by atoms with Gasteiger partial charge in [0.25, 0.3) is 15.9 Å². The summed E-state index contributed by atoms with van der Waals surface area (Å²) in [7, 11) is -3.96. The average molecular weight is 445 g/mol. The fourth-order valence-corrected chi connectivity index (χ4v) is 3.78. The van der Waals surface area contributed by atoms with Gasteiger partial charge in [-0.15, -0.1) is 0 Å². The molecule has 0 fully saturated rings. The Labute approximate surface area is 177 Å². The van der Waals surface area contributed by atoms with Gasteiger partial charge in [-0.3, -0.25) is 19.6 Å². The van der Waals surface area contributed by atoms with Crippen molar-refractivity contribution in [3.63, 3.8) is 0 Å². The first-order chi connectivity index (χ1) is 14.6. The number of amides is 1. The van der Waals surface area contributed by atoms with Crippen LogP contribution in [0.2, 0.25) is 0 Å². The number of aryl methyl sites for hydroxylation is 3. The van der Waals surface area contributed by atoms with Gasteiger partial charge in [-0.1, -0.05) is 0 Å². The fraction of sp³-hybridized carbons (Fsp3) is 0.222. The summed E-state index contributed by atoms with van der Waals surface area (Å²) in [4.78, 5) is 31.0. The van der Waals surface area contributed by atoms with Crippen LogP contribution < -0.4 is 10.0 Å². The van der Waals surface area contributed by atoms with E-state index in [1.54, 1.807) is 26.8 Å². The van der Waals surface area contributed by atoms with Gasteiger partial charge < -0.3 is 5.32 Å². The SMILES string of the molecule is CCn1ncc([N+](=O)[O-])c1C(=O)Nc1ccc(S(=O)(=O)Nc2nc(C)cc(C)n2)cc1. The van der Waals surface area contributed by atoms with E-state index in [1.807, 2.05) is 0 Å². The van der Waals surface area contributed by atoms with E-state index in [0.29, 0.717) is 11.4 Å². The standard InChI is InChI=1S/C18H19N7O5S/c1-4-24-16(15(10-19-24)25(27)28)17(26)22-13-5-7-14(8-6-13)31(29,30)23-18-20-11(2)9-12(3)21-18/h5-10H,4H2,1-3H3,(H,22,26)(H,20,21,23). The Hall–Kier alpha value is -3.87. The molecule has 2 heterocycles. The molecule has 0 unspecified atom stereocenters. The molecule has 162 valence electrons. The number of hydrogen-bond acceptors (Lipinski definition) is 8. The maximum Gasteiger partial charge on any atom is 0.320 e. The van der Waals surface area contributed by atoms with Gasteiger partial charge in [0.1, 0.15) is 6.20 Å². The fourth-order valence-electron chi connectivity index (χ4n) is 2.84. The second kappa shape index (κ2) is 8.47. The quantitative estimate of drug-likeness (QED) is 0.413. The third kappa shape index (κ3) is 4.83. The summed E-state index contributed by atoms with van der Waals surface area (Å²) in [6.07, 6.45) is 1.01. The predicted molar refractivity (Wildman–Crippen MR) is 111 cm³/mol. The lowest BCUT2D eigenvalue weighted by molar-refractivity contribution is -0.385. The van der Waals surface area contributed by atoms with Crippen molar-refractivity contribution < 1.29 is 18.1 Å². The Morgan fingerprint density at radius 2 is 1.77 bits per heavy atom. The minimum Gasteiger partial charge on any atom is -0.320 e. The monoisotopic (exact) mass is 445 g/mol. The Balaban J connectivity index is 1.79. The zero-order chi connectivity index (χ0) is 22.8. The van der Waals surface area contributed by atoms with Crippen molar-refractivity contribution in [3.8, 4) is 0 Å². The van der Waals surface area contributed by atoms with Crippen LogP contribution in [0.4, 0.5) is 17.3 Å². The van der Waals surface area contributed by atoms with E-state index in [4.69, 9.17) is 0 Å². The zero-order valence-corrected chi connectivity index (χ0v) is 17.7. The molecule has 12 nitrogen and oxygen atoms in total. The molecule has 13 heteroatoms. The predicted octanol–water partition coefficient (Wildman–Crippen LogP) is 2.27. The van der Waals surface area contributed by atoms with E-state index < -0.39 is 26.5 Å². The Morgan fingerprint density at radius 1 is 1.16 bits per heavy atom. The van der Waals surface area contributed by atoms with E-state index in [0.717, 1.165) is 6.20 Å². The van der Waals surface area contributed by atoms with Crippen LogP contribution in [-0.2, 0) is 16.6 Å². The molecule has 2 aromatic heterocycles. The van der Waals surface area contributed by atoms with E-state index in [2.05, 4.69) is 25.1 Å². The highest BCUT2D eigenvalue weighted by atomic mass is 32.2. The van der Waals surface area contributed by atoms with Crippen molar-refractivity contribution >= 4 is 33.3 Å². The molecular formula is C18H19N7O5S. The maximum atomic E-state index is 12.6. The number of hydrogen-bond donors (Lipinski definition) is 2. The molecule has 3 aromatic rings. The molecule has 0 aliphatic heterocycles. The molecule has 1 aromatic carbocycles. The van der Waals surface area contributed by atoms with Gasteiger partial charge in [0.2, 0.25) is 11.6 Å². The molecule has 0 radical (unpaired) electrons. The molecule has 0 atom stereocenters. The van der Waals surface area contributed by atoms with Gasteiger partial charge in [0, 0.05) is 23.6 Å². The van der Waals surface area contributed by atoms with Crippen LogP contribution in [-0.4, -0.2) is 39.0 Å². The number of sulfonamides is 1. The van der Waals surface area contributed by atoms with E-state index in [1.165, 1.54) is 28.9 Å². The molecule has 31 heavy (non-hydrogen) atoms. The number of nitrogens with one attached hydrogen (secondary N) is 2. The largest absolute Gasteiger partial charge is 0.320 e. The van der Waals surface area contributed by atoms with Gasteiger partial charge in [0.05, 0.1) is 9.82 Å². The van der Waals surface area contributed by atoms with Gasteiger partial charge in [-0.25, -0.2) is 23.1 Å². The second-order valence-corrected chi connectivity index (χ2v) is 8.19. The smallest absolute Gasteiger partial charge is 0.320 e. The molecule has 2 N–H and O–H groups in total. The summed E-state index contributed by atoms with van der Waals surface area (Å²) in [6.45, 7) is 5.40. The van der Waals surface area contributed by atoms with Gasteiger partial charge in [-0.05, 0) is 51.1 Å². The van der Waals surface area contributed by atoms with Crippen molar-refractivity contribution in [2.24, 2.45) is 0 Å². The number of aromatic nitrogens is 4. The van der Waals surface area contributed by atoms with E-state index in [-0.39, 0.29) is 28.8 Å². The lowest BCUT2D eigenvalue weighted by Gasteiger charge is -2.10. The minimum absolute atomic E-state index is 0.0463. The van der Waals surface area contributed by atoms with Crippen LogP contribution in [0.25, 0.3) is 0 Å². The lowest BCUT2D eigenvalue weighted by Crippen LogP contribution is -2.19. The van der Waals surface area contributed by atoms with E-state index >= 15 is 0 Å². The number of carbonyl (C=O) groups is 1. The van der Waals surface area contributed by atoms with Crippen LogP contribution in [0.5, 0.6) is 0 Å². The molecule has 0 saturated carbocycles. The summed E-state index contributed by atoms with van der Waals surface area (Å²) in [6, 6.07) is 7.02. The van der Waals surface area contributed by atoms with Gasteiger partial charge in [0.15, 0.2) is 0 Å². The third-order valence-corrected chi connectivity index (χ3v) is 5.51. The molecule has 0 aliphatic rings. The van der Waals surface area contributed by atoms with Crippen molar-refractivity contribution in [2.45, 2.75) is 32.2 Å². The summed E-state index contributed by atoms with van der Waals surface area (Å²) in [5.74, 6) is -0.779. The zero-order valence-electron chi connectivity index (χ0n) is 16.9. The minimum atomic E-state index is -3.96. The van der Waals surface area contributed by atoms with Crippen LogP contribution in [0, 0.1) is 24.0 Å². The van der Waals surface area contributed by atoms with Crippen LogP contribution >= 0.6 is 0 Å². The number of nitro groups is 1. The van der Waals surface area contributed by atoms with Gasteiger partial charge >= 0.3 is 5.69 Å². The summed E-state index contributed by atoms with van der Waals surface area (Å²) in [5, 5.41) is 17.5. The highest BCUT2D eigenvalue weighted by molar-refractivity contribution is 7.92. The Bertz CT molecular complexity index is 1230. The number of nitrogens with zero attached hydrogens (tertiary/aromatic N) is 5. The van der Waals surface area contributed by atoms with Crippen molar-refractivity contribution in [3.05, 3.63) is 63.7 Å².